The van der Waals surface area contributed by atoms with Crippen molar-refractivity contribution in [3.8, 4) is 5.75 Å². The number of hydrogen-bond donors (Lipinski definition) is 1. The van der Waals surface area contributed by atoms with Gasteiger partial charge in [0.05, 0.1) is 0 Å². The van der Waals surface area contributed by atoms with E-state index in [0.717, 1.165) is 17.7 Å². The van der Waals surface area contributed by atoms with Crippen LogP contribution in [0.4, 0.5) is 4.39 Å². The van der Waals surface area contributed by atoms with Crippen molar-refractivity contribution in [2.45, 2.75) is 27.0 Å². The summed E-state index contributed by atoms with van der Waals surface area (Å²) in [6, 6.07) is 7.05. The fourth-order valence-corrected chi connectivity index (χ4v) is 2.53. The summed E-state index contributed by atoms with van der Waals surface area (Å²) < 4.78 is 19.6. The van der Waals surface area contributed by atoms with E-state index in [9.17, 15) is 4.39 Å². The lowest BCUT2D eigenvalue weighted by molar-refractivity contribution is 0.286. The molecule has 4 heteroatoms. The molecule has 0 aliphatic rings. The van der Waals surface area contributed by atoms with Crippen LogP contribution in [-0.2, 0) is 13.2 Å². The van der Waals surface area contributed by atoms with E-state index in [1.807, 2.05) is 22.9 Å². The lowest BCUT2D eigenvalue weighted by atomic mass is 10.1. The van der Waals surface area contributed by atoms with Gasteiger partial charge in [-0.1, -0.05) is 26.0 Å². The van der Waals surface area contributed by atoms with Crippen LogP contribution in [0.2, 0.25) is 0 Å². The number of hydrogen-bond acceptors (Lipinski definition) is 3. The van der Waals surface area contributed by atoms with Crippen molar-refractivity contribution in [1.82, 2.24) is 5.32 Å². The second-order valence-electron chi connectivity index (χ2n) is 5.17. The maximum Gasteiger partial charge on any atom is 0.165 e. The Balaban J connectivity index is 2.01. The van der Waals surface area contributed by atoms with Crippen molar-refractivity contribution in [1.29, 1.82) is 0 Å². The van der Waals surface area contributed by atoms with Gasteiger partial charge in [0, 0.05) is 12.1 Å². The molecule has 0 fully saturated rings. The number of benzene rings is 1. The Morgan fingerprint density at radius 1 is 1.30 bits per heavy atom. The highest BCUT2D eigenvalue weighted by Gasteiger charge is 2.10. The molecule has 0 amide bonds. The first-order valence-corrected chi connectivity index (χ1v) is 7.73. The molecule has 0 saturated heterocycles. The fourth-order valence-electron chi connectivity index (χ4n) is 1.88. The summed E-state index contributed by atoms with van der Waals surface area (Å²) in [5, 5.41) is 7.32. The number of halogens is 1. The monoisotopic (exact) mass is 293 g/mol. The molecule has 2 aromatic rings. The number of ether oxygens (including phenoxy) is 1. The molecule has 0 bridgehead atoms. The molecule has 0 saturated carbocycles. The van der Waals surface area contributed by atoms with Crippen LogP contribution in [0, 0.1) is 11.7 Å². The predicted octanol–water partition coefficient (Wildman–Crippen LogP) is 4.21. The maximum atomic E-state index is 13.9. The molecule has 20 heavy (non-hydrogen) atoms. The molecule has 0 radical (unpaired) electrons. The van der Waals surface area contributed by atoms with E-state index < -0.39 is 0 Å². The first-order chi connectivity index (χ1) is 9.66. The van der Waals surface area contributed by atoms with Gasteiger partial charge in [-0.2, -0.15) is 11.3 Å². The average molecular weight is 293 g/mol. The van der Waals surface area contributed by atoms with E-state index in [0.29, 0.717) is 24.8 Å². The maximum absolute atomic E-state index is 13.9. The average Bonchev–Trinajstić information content (AvgIpc) is 2.90. The first-order valence-electron chi connectivity index (χ1n) is 6.79. The fraction of sp³-hybridized carbons (Fsp3) is 0.375. The SMILES string of the molecule is CC(C)CNCc1cccc(F)c1OCc1ccsc1. The third kappa shape index (κ3) is 4.32. The van der Waals surface area contributed by atoms with Crippen LogP contribution in [0.5, 0.6) is 5.75 Å². The van der Waals surface area contributed by atoms with E-state index in [4.69, 9.17) is 4.74 Å². The Morgan fingerprint density at radius 3 is 2.85 bits per heavy atom. The zero-order chi connectivity index (χ0) is 14.4. The summed E-state index contributed by atoms with van der Waals surface area (Å²) in [5.74, 6) is 0.623. The molecule has 1 N–H and O–H groups in total. The van der Waals surface area contributed by atoms with Crippen LogP contribution in [0.3, 0.4) is 0 Å². The standard InChI is InChI=1S/C16H20FNOS/c1-12(2)8-18-9-14-4-3-5-15(17)16(14)19-10-13-6-7-20-11-13/h3-7,11-12,18H,8-10H2,1-2H3. The second-order valence-corrected chi connectivity index (χ2v) is 5.95. The van der Waals surface area contributed by atoms with Gasteiger partial charge in [-0.05, 0) is 40.9 Å². The van der Waals surface area contributed by atoms with Crippen molar-refractivity contribution in [3.63, 3.8) is 0 Å². The van der Waals surface area contributed by atoms with E-state index in [2.05, 4.69) is 19.2 Å². The number of thiophene rings is 1. The summed E-state index contributed by atoms with van der Waals surface area (Å²) >= 11 is 1.61. The predicted molar refractivity (Wildman–Crippen MR) is 81.6 cm³/mol. The Bertz CT molecular complexity index is 525. The van der Waals surface area contributed by atoms with Gasteiger partial charge in [0.25, 0.3) is 0 Å². The zero-order valence-electron chi connectivity index (χ0n) is 11.9. The van der Waals surface area contributed by atoms with Crippen molar-refractivity contribution in [3.05, 3.63) is 52.0 Å². The smallest absolute Gasteiger partial charge is 0.165 e. The van der Waals surface area contributed by atoms with E-state index >= 15 is 0 Å². The van der Waals surface area contributed by atoms with E-state index in [1.165, 1.54) is 6.07 Å². The molecule has 0 unspecified atom stereocenters. The van der Waals surface area contributed by atoms with Crippen molar-refractivity contribution in [2.24, 2.45) is 5.92 Å². The zero-order valence-corrected chi connectivity index (χ0v) is 12.7. The quantitative estimate of drug-likeness (QED) is 0.825. The van der Waals surface area contributed by atoms with Gasteiger partial charge in [-0.3, -0.25) is 0 Å². The van der Waals surface area contributed by atoms with Crippen molar-refractivity contribution < 1.29 is 9.13 Å². The molecule has 1 heterocycles. The molecule has 0 spiro atoms. The molecule has 1 aromatic heterocycles. The number of para-hydroxylation sites is 1. The Kier molecular flexibility index (Phi) is 5.56. The first kappa shape index (κ1) is 15.0. The highest BCUT2D eigenvalue weighted by Crippen LogP contribution is 2.24. The van der Waals surface area contributed by atoms with Crippen LogP contribution in [-0.4, -0.2) is 6.54 Å². The van der Waals surface area contributed by atoms with Crippen LogP contribution < -0.4 is 10.1 Å². The lowest BCUT2D eigenvalue weighted by Crippen LogP contribution is -2.19. The van der Waals surface area contributed by atoms with Crippen LogP contribution in [0.1, 0.15) is 25.0 Å². The number of rotatable bonds is 7. The molecule has 0 atom stereocenters. The summed E-state index contributed by atoms with van der Waals surface area (Å²) in [6.07, 6.45) is 0. The van der Waals surface area contributed by atoms with Crippen molar-refractivity contribution in [2.75, 3.05) is 6.54 Å². The summed E-state index contributed by atoms with van der Waals surface area (Å²) in [5.41, 5.74) is 1.93. The third-order valence-corrected chi connectivity index (χ3v) is 3.61. The minimum absolute atomic E-state index is 0.302. The minimum atomic E-state index is -0.302. The van der Waals surface area contributed by atoms with Gasteiger partial charge >= 0.3 is 0 Å². The molecular weight excluding hydrogens is 273 g/mol. The molecule has 2 rings (SSSR count). The van der Waals surface area contributed by atoms with Gasteiger partial charge < -0.3 is 10.1 Å². The minimum Gasteiger partial charge on any atom is -0.485 e. The Hall–Kier alpha value is -1.39. The number of nitrogens with one attached hydrogen (secondary N) is 1. The Labute approximate surface area is 123 Å². The second kappa shape index (κ2) is 7.41. The lowest BCUT2D eigenvalue weighted by Gasteiger charge is -2.13. The van der Waals surface area contributed by atoms with E-state index in [1.54, 1.807) is 17.4 Å². The molecule has 0 aliphatic carbocycles. The van der Waals surface area contributed by atoms with Crippen LogP contribution >= 0.6 is 11.3 Å². The largest absolute Gasteiger partial charge is 0.485 e. The van der Waals surface area contributed by atoms with Crippen LogP contribution in [0.25, 0.3) is 0 Å². The molecule has 0 aliphatic heterocycles. The summed E-state index contributed by atoms with van der Waals surface area (Å²) in [6.45, 7) is 6.22. The topological polar surface area (TPSA) is 21.3 Å². The molecular formula is C16H20FNOS. The van der Waals surface area contributed by atoms with Gasteiger partial charge in [0.15, 0.2) is 11.6 Å². The van der Waals surface area contributed by atoms with Crippen molar-refractivity contribution >= 4 is 11.3 Å². The third-order valence-electron chi connectivity index (χ3n) is 2.88. The highest BCUT2D eigenvalue weighted by molar-refractivity contribution is 7.07. The summed E-state index contributed by atoms with van der Waals surface area (Å²) in [7, 11) is 0. The molecule has 108 valence electrons. The van der Waals surface area contributed by atoms with Gasteiger partial charge in [0.2, 0.25) is 0 Å². The molecule has 2 nitrogen and oxygen atoms in total. The highest BCUT2D eigenvalue weighted by atomic mass is 32.1. The van der Waals surface area contributed by atoms with Gasteiger partial charge in [-0.25, -0.2) is 4.39 Å². The van der Waals surface area contributed by atoms with Gasteiger partial charge in [0.1, 0.15) is 6.61 Å². The normalized spacial score (nSPS) is 11.0. The van der Waals surface area contributed by atoms with Crippen LogP contribution in [0.15, 0.2) is 35.0 Å². The molecule has 1 aromatic carbocycles. The van der Waals surface area contributed by atoms with Gasteiger partial charge in [-0.15, -0.1) is 0 Å². The van der Waals surface area contributed by atoms with E-state index in [-0.39, 0.29) is 5.82 Å². The Morgan fingerprint density at radius 2 is 2.15 bits per heavy atom. The summed E-state index contributed by atoms with van der Waals surface area (Å²) in [4.78, 5) is 0.